The predicted octanol–water partition coefficient (Wildman–Crippen LogP) is 7.09. The Morgan fingerprint density at radius 3 is 2.24 bits per heavy atom. The molecule has 1 atom stereocenters. The van der Waals surface area contributed by atoms with Crippen molar-refractivity contribution in [2.75, 3.05) is 6.61 Å². The summed E-state index contributed by atoms with van der Waals surface area (Å²) in [6.07, 6.45) is 11.3. The van der Waals surface area contributed by atoms with Crippen LogP contribution in [0.2, 0.25) is 0 Å². The van der Waals surface area contributed by atoms with Gasteiger partial charge in [0.1, 0.15) is 11.9 Å². The first-order chi connectivity index (χ1) is 12.1. The van der Waals surface area contributed by atoms with Gasteiger partial charge in [0.05, 0.1) is 12.2 Å². The number of carbonyl (C=O) groups excluding carboxylic acids is 1. The molecule has 1 aromatic carbocycles. The quantitative estimate of drug-likeness (QED) is 0.243. The lowest BCUT2D eigenvalue weighted by Gasteiger charge is -2.11. The molecule has 0 aliphatic carbocycles. The van der Waals surface area contributed by atoms with E-state index in [-0.39, 0.29) is 6.61 Å². The zero-order valence-corrected chi connectivity index (χ0v) is 16.2. The molecule has 0 saturated heterocycles. The van der Waals surface area contributed by atoms with Gasteiger partial charge in [-0.15, -0.1) is 0 Å². The van der Waals surface area contributed by atoms with E-state index in [4.69, 9.17) is 16.3 Å². The molecule has 142 valence electrons. The molecule has 0 bridgehead atoms. The number of para-hydroxylation sites is 1. The van der Waals surface area contributed by atoms with E-state index in [2.05, 4.69) is 6.92 Å². The van der Waals surface area contributed by atoms with Gasteiger partial charge in [-0.3, -0.25) is 4.79 Å². The third-order valence-electron chi connectivity index (χ3n) is 4.41. The molecule has 0 fully saturated rings. The Morgan fingerprint density at radius 2 is 1.60 bits per heavy atom. The van der Waals surface area contributed by atoms with Gasteiger partial charge in [0.2, 0.25) is 0 Å². The van der Waals surface area contributed by atoms with Crippen molar-refractivity contribution in [1.82, 2.24) is 0 Å². The largest absolute Gasteiger partial charge is 0.493 e. The SMILES string of the molecule is CCCCCCCCCCCC(F)CCOc1ccccc1C(=O)Cl. The van der Waals surface area contributed by atoms with Crippen molar-refractivity contribution in [2.45, 2.75) is 83.7 Å². The number of carbonyl (C=O) groups is 1. The highest BCUT2D eigenvalue weighted by Gasteiger charge is 2.11. The number of alkyl halides is 1. The highest BCUT2D eigenvalue weighted by molar-refractivity contribution is 6.68. The van der Waals surface area contributed by atoms with Crippen LogP contribution in [0, 0.1) is 0 Å². The van der Waals surface area contributed by atoms with E-state index in [1.165, 1.54) is 44.9 Å². The molecular weight excluding hydrogens is 339 g/mol. The lowest BCUT2D eigenvalue weighted by atomic mass is 10.0. The van der Waals surface area contributed by atoms with Gasteiger partial charge in [0.15, 0.2) is 0 Å². The van der Waals surface area contributed by atoms with Crippen LogP contribution in [0.4, 0.5) is 4.39 Å². The summed E-state index contributed by atoms with van der Waals surface area (Å²) in [5, 5.41) is -0.554. The molecule has 0 amide bonds. The third kappa shape index (κ3) is 10.5. The van der Waals surface area contributed by atoms with Crippen LogP contribution >= 0.6 is 11.6 Å². The van der Waals surface area contributed by atoms with Crippen LogP contribution in [0.1, 0.15) is 87.9 Å². The molecule has 4 heteroatoms. The van der Waals surface area contributed by atoms with Crippen LogP contribution in [-0.2, 0) is 0 Å². The first kappa shape index (κ1) is 22.0. The molecule has 25 heavy (non-hydrogen) atoms. The van der Waals surface area contributed by atoms with E-state index in [0.717, 1.165) is 12.8 Å². The number of ether oxygens (including phenoxy) is 1. The highest BCUT2D eigenvalue weighted by Crippen LogP contribution is 2.21. The second-order valence-corrected chi connectivity index (χ2v) is 6.96. The summed E-state index contributed by atoms with van der Waals surface area (Å²) in [4.78, 5) is 11.3. The van der Waals surface area contributed by atoms with E-state index in [9.17, 15) is 9.18 Å². The van der Waals surface area contributed by atoms with Gasteiger partial charge in [0.25, 0.3) is 5.24 Å². The standard InChI is InChI=1S/C21H32ClFO2/c1-2-3-4-5-6-7-8-9-10-13-18(23)16-17-25-20-15-12-11-14-19(20)21(22)24/h11-12,14-15,18H,2-10,13,16-17H2,1H3. The molecule has 0 aliphatic heterocycles. The van der Waals surface area contributed by atoms with Crippen LogP contribution in [-0.4, -0.2) is 18.0 Å². The van der Waals surface area contributed by atoms with Crippen molar-refractivity contribution in [3.8, 4) is 5.75 Å². The topological polar surface area (TPSA) is 26.3 Å². The maximum atomic E-state index is 13.9. The van der Waals surface area contributed by atoms with Crippen molar-refractivity contribution in [1.29, 1.82) is 0 Å². The number of unbranched alkanes of at least 4 members (excludes halogenated alkanes) is 8. The fraction of sp³-hybridized carbons (Fsp3) is 0.667. The second kappa shape index (κ2) is 14.1. The highest BCUT2D eigenvalue weighted by atomic mass is 35.5. The van der Waals surface area contributed by atoms with Crippen molar-refractivity contribution >= 4 is 16.8 Å². The summed E-state index contributed by atoms with van der Waals surface area (Å²) in [5.41, 5.74) is 0.332. The van der Waals surface area contributed by atoms with Gasteiger partial charge in [-0.2, -0.15) is 0 Å². The fourth-order valence-electron chi connectivity index (χ4n) is 2.87. The van der Waals surface area contributed by atoms with E-state index < -0.39 is 11.4 Å². The summed E-state index contributed by atoms with van der Waals surface area (Å²) in [7, 11) is 0. The summed E-state index contributed by atoms with van der Waals surface area (Å²) < 4.78 is 19.4. The monoisotopic (exact) mass is 370 g/mol. The first-order valence-corrected chi connectivity index (χ1v) is 10.1. The zero-order chi connectivity index (χ0) is 18.3. The maximum absolute atomic E-state index is 13.9. The van der Waals surface area contributed by atoms with Crippen LogP contribution in [0.3, 0.4) is 0 Å². The number of halogens is 2. The predicted molar refractivity (Wildman–Crippen MR) is 103 cm³/mol. The Balaban J connectivity index is 2.04. The minimum Gasteiger partial charge on any atom is -0.493 e. The molecule has 0 heterocycles. The number of hydrogen-bond donors (Lipinski definition) is 0. The van der Waals surface area contributed by atoms with E-state index in [0.29, 0.717) is 24.2 Å². The van der Waals surface area contributed by atoms with Crippen LogP contribution in [0.5, 0.6) is 5.75 Å². The molecule has 2 nitrogen and oxygen atoms in total. The van der Waals surface area contributed by atoms with Crippen molar-refractivity contribution in [3.63, 3.8) is 0 Å². The average molecular weight is 371 g/mol. The van der Waals surface area contributed by atoms with E-state index in [1.807, 2.05) is 0 Å². The normalized spacial score (nSPS) is 12.1. The van der Waals surface area contributed by atoms with Gasteiger partial charge in [-0.05, 0) is 30.2 Å². The average Bonchev–Trinajstić information content (AvgIpc) is 2.60. The Labute approximate surface area is 157 Å². The van der Waals surface area contributed by atoms with Crippen LogP contribution < -0.4 is 4.74 Å². The van der Waals surface area contributed by atoms with Crippen molar-refractivity contribution in [2.24, 2.45) is 0 Å². The van der Waals surface area contributed by atoms with Crippen molar-refractivity contribution < 1.29 is 13.9 Å². The maximum Gasteiger partial charge on any atom is 0.256 e. The third-order valence-corrected chi connectivity index (χ3v) is 4.61. The van der Waals surface area contributed by atoms with Gasteiger partial charge in [-0.25, -0.2) is 4.39 Å². The summed E-state index contributed by atoms with van der Waals surface area (Å²) in [5.74, 6) is 0.428. The molecular formula is C21H32ClFO2. The molecule has 0 aromatic heterocycles. The van der Waals surface area contributed by atoms with Crippen LogP contribution in [0.15, 0.2) is 24.3 Å². The lowest BCUT2D eigenvalue weighted by Crippen LogP contribution is -2.09. The van der Waals surface area contributed by atoms with Gasteiger partial charge < -0.3 is 4.74 Å². The minimum absolute atomic E-state index is 0.264. The summed E-state index contributed by atoms with van der Waals surface area (Å²) in [6, 6.07) is 6.79. The van der Waals surface area contributed by atoms with Gasteiger partial charge in [0, 0.05) is 6.42 Å². The molecule has 1 unspecified atom stereocenters. The second-order valence-electron chi connectivity index (χ2n) is 6.62. The lowest BCUT2D eigenvalue weighted by molar-refractivity contribution is 0.107. The van der Waals surface area contributed by atoms with Gasteiger partial charge >= 0.3 is 0 Å². The van der Waals surface area contributed by atoms with E-state index in [1.54, 1.807) is 24.3 Å². The Kier molecular flexibility index (Phi) is 12.4. The van der Waals surface area contributed by atoms with Gasteiger partial charge in [-0.1, -0.05) is 76.8 Å². The number of hydrogen-bond acceptors (Lipinski definition) is 2. The smallest absolute Gasteiger partial charge is 0.256 e. The Bertz CT molecular complexity index is 479. The molecule has 0 aliphatic rings. The molecule has 0 saturated carbocycles. The Morgan fingerprint density at radius 1 is 1.00 bits per heavy atom. The number of rotatable bonds is 15. The first-order valence-electron chi connectivity index (χ1n) is 9.71. The molecule has 1 rings (SSSR count). The fourth-order valence-corrected chi connectivity index (χ4v) is 3.03. The Hall–Kier alpha value is -1.09. The van der Waals surface area contributed by atoms with Crippen molar-refractivity contribution in [3.05, 3.63) is 29.8 Å². The summed E-state index contributed by atoms with van der Waals surface area (Å²) >= 11 is 5.50. The molecule has 0 spiro atoms. The van der Waals surface area contributed by atoms with Crippen LogP contribution in [0.25, 0.3) is 0 Å². The minimum atomic E-state index is -0.844. The molecule has 1 aromatic rings. The zero-order valence-electron chi connectivity index (χ0n) is 15.4. The summed E-state index contributed by atoms with van der Waals surface area (Å²) in [6.45, 7) is 2.49. The van der Waals surface area contributed by atoms with E-state index >= 15 is 0 Å². The molecule has 0 N–H and O–H groups in total. The number of benzene rings is 1. The molecule has 0 radical (unpaired) electrons.